The average molecular weight is 1260 g/mol. The van der Waals surface area contributed by atoms with Crippen LogP contribution in [0.3, 0.4) is 0 Å². The number of hydrogen-bond donors (Lipinski definition) is 3. The summed E-state index contributed by atoms with van der Waals surface area (Å²) in [6.45, 7) is 22.2. The smallest absolute Gasteiger partial charge is 0.335 e. The molecule has 2 aliphatic carbocycles. The van der Waals surface area contributed by atoms with Crippen LogP contribution in [-0.2, 0) is 32.6 Å². The zero-order valence-corrected chi connectivity index (χ0v) is 55.2. The van der Waals surface area contributed by atoms with E-state index in [1.54, 1.807) is 10.7 Å². The van der Waals surface area contributed by atoms with Crippen LogP contribution >= 0.6 is 0 Å². The van der Waals surface area contributed by atoms with Gasteiger partial charge in [0.25, 0.3) is 0 Å². The van der Waals surface area contributed by atoms with E-state index in [2.05, 4.69) is 91.5 Å². The van der Waals surface area contributed by atoms with Crippen molar-refractivity contribution >= 4 is 68.0 Å². The van der Waals surface area contributed by atoms with Gasteiger partial charge in [0.05, 0.1) is 46.2 Å². The quantitative estimate of drug-likeness (QED) is 0.0277. The second-order valence-electron chi connectivity index (χ2n) is 25.1. The Morgan fingerprint density at radius 2 is 1.05 bits per heavy atom. The second kappa shape index (κ2) is 30.9. The van der Waals surface area contributed by atoms with Crippen LogP contribution in [-0.4, -0.2) is 126 Å². The highest BCUT2D eigenvalue weighted by molar-refractivity contribution is 7.52. The number of hydrogen-bond acceptors (Lipinski definition) is 17. The molecule has 0 bridgehead atoms. The Hall–Kier alpha value is -6.84. The second-order valence-corrected chi connectivity index (χ2v) is 36.6. The van der Waals surface area contributed by atoms with Gasteiger partial charge in [0, 0.05) is 98.7 Å². The van der Waals surface area contributed by atoms with Crippen molar-refractivity contribution in [2.24, 2.45) is 0 Å². The highest BCUT2D eigenvalue weighted by atomic mass is 32.1. The van der Waals surface area contributed by atoms with Crippen LogP contribution in [0.15, 0.2) is 116 Å². The first kappa shape index (κ1) is 67.7. The van der Waals surface area contributed by atoms with Crippen molar-refractivity contribution in [1.82, 2.24) is 39.2 Å². The number of ether oxygens (including phenoxy) is 2. The normalized spacial score (nSPS) is 18.5. The Labute approximate surface area is 519 Å². The Morgan fingerprint density at radius 3 is 1.45 bits per heavy atom. The Morgan fingerprint density at radius 1 is 0.621 bits per heavy atom. The summed E-state index contributed by atoms with van der Waals surface area (Å²) in [5.74, 6) is 1.43. The minimum Gasteiger partial charge on any atom is -0.390 e. The number of aliphatic hydroxyl groups is 2. The van der Waals surface area contributed by atoms with Gasteiger partial charge in [-0.1, -0.05) is 126 Å². The largest absolute Gasteiger partial charge is 0.390 e. The van der Waals surface area contributed by atoms with Gasteiger partial charge in [-0.25, -0.2) is 9.97 Å². The topological polar surface area (TPSA) is 260 Å². The van der Waals surface area contributed by atoms with Gasteiger partial charge >= 0.3 is 23.1 Å². The van der Waals surface area contributed by atoms with Crippen molar-refractivity contribution in [1.29, 1.82) is 0 Å². The van der Waals surface area contributed by atoms with E-state index in [1.165, 1.54) is 6.92 Å². The summed E-state index contributed by atoms with van der Waals surface area (Å²) in [5, 5.41) is 31.0. The molecule has 0 saturated heterocycles. The lowest BCUT2D eigenvalue weighted by atomic mass is 9.75. The first-order valence-electron chi connectivity index (χ1n) is 29.9. The number of aromatic nitrogens is 8. The van der Waals surface area contributed by atoms with Crippen molar-refractivity contribution in [2.45, 2.75) is 159 Å². The summed E-state index contributed by atoms with van der Waals surface area (Å²) in [5.41, 5.74) is 16.5. The molecule has 6 heterocycles. The number of pyridine rings is 2. The van der Waals surface area contributed by atoms with Gasteiger partial charge in [-0.3, -0.25) is 14.8 Å². The van der Waals surface area contributed by atoms with Crippen LogP contribution in [0, 0.1) is 0 Å². The predicted octanol–water partition coefficient (Wildman–Crippen LogP) is 12.4. The van der Waals surface area contributed by atoms with Gasteiger partial charge in [0.15, 0.2) is 17.1 Å². The molecular weight excluding hydrogens is 1170 g/mol. The molecule has 0 radical (unpaired) electrons. The van der Waals surface area contributed by atoms with E-state index < -0.39 is 50.5 Å². The summed E-state index contributed by atoms with van der Waals surface area (Å²) in [4.78, 5) is 34.5. The number of carbonyl (C=O) groups is 1. The zero-order valence-electron chi connectivity index (χ0n) is 51.6. The number of ketones is 1. The lowest BCUT2D eigenvalue weighted by molar-refractivity contribution is -0.00486. The van der Waals surface area contributed by atoms with Crippen molar-refractivity contribution in [3.05, 3.63) is 133 Å². The SMILES string of the molecule is CCC1(O)CCC(c2cc(N(COCC[Si](C)(C)C)COCC[Si](C)(C)C)n3ncc(-c4ccc(-c5ccccc5)nc4)c3n2)CC1.CCC1(O)CCC(c2nc3c(-c4ccc(-c5ccccc5)nc4)cnn3c(N)c2C(C)=O)CC1.O=S=O.O=S=O. The highest BCUT2D eigenvalue weighted by Gasteiger charge is 2.36. The summed E-state index contributed by atoms with van der Waals surface area (Å²) in [6, 6.07) is 32.8. The number of nitrogens with zero attached hydrogens (tertiary/aromatic N) is 9. The molecule has 464 valence electrons. The molecule has 2 fully saturated rings. The molecule has 6 aromatic heterocycles. The van der Waals surface area contributed by atoms with E-state index in [0.29, 0.717) is 49.0 Å². The third-order valence-electron chi connectivity index (χ3n) is 16.6. The fraction of sp³-hybridized carbons (Fsp3) is 0.453. The Balaban J connectivity index is 0.000000237. The standard InChI is InChI=1S/C37H55N5O3Si2.C27H29N5O2.2O2S/c1-8-37(43)18-16-30(17-19-37)34-24-35(41(27-44-20-22-46(2,3)4)28-45-21-23-47(5,6)7)42-36(40-34)32(26-39-42)31-14-15-33(38-25-31)29-12-10-9-11-13-29;1-3-27(34)13-11-19(12-14-27)24-23(17(2)33)25(28)32-26(31-24)21(16-30-32)20-9-10-22(29-15-20)18-7-5-4-6-8-18;2*1-3-2/h9-15,24-26,30,43H,8,16-23,27-28H2,1-7H3;4-10,15-16,19,34H,3,11-14,28H2,1-2H3;;. The van der Waals surface area contributed by atoms with Crippen molar-refractivity contribution in [3.63, 3.8) is 0 Å². The van der Waals surface area contributed by atoms with Gasteiger partial charge in [0.1, 0.15) is 25.1 Å². The molecule has 0 aliphatic heterocycles. The number of benzene rings is 2. The van der Waals surface area contributed by atoms with Crippen LogP contribution in [0.25, 0.3) is 56.1 Å². The minimum absolute atomic E-state index is 0.0688. The van der Waals surface area contributed by atoms with E-state index in [4.69, 9.17) is 52.1 Å². The van der Waals surface area contributed by atoms with E-state index in [-0.39, 0.29) is 17.6 Å². The lowest BCUT2D eigenvalue weighted by Gasteiger charge is -2.35. The maximum atomic E-state index is 12.6. The van der Waals surface area contributed by atoms with Crippen LogP contribution in [0.1, 0.15) is 119 Å². The molecular formula is C64H84N10O9S2Si2. The molecule has 0 spiro atoms. The van der Waals surface area contributed by atoms with Crippen LogP contribution in [0.4, 0.5) is 11.6 Å². The fourth-order valence-corrected chi connectivity index (χ4v) is 12.5. The van der Waals surface area contributed by atoms with Gasteiger partial charge in [0.2, 0.25) is 0 Å². The molecule has 2 aliphatic rings. The summed E-state index contributed by atoms with van der Waals surface area (Å²) in [6.07, 6.45) is 15.2. The molecule has 19 nitrogen and oxygen atoms in total. The number of rotatable bonds is 20. The van der Waals surface area contributed by atoms with Crippen LogP contribution in [0.2, 0.25) is 51.4 Å². The predicted molar refractivity (Wildman–Crippen MR) is 349 cm³/mol. The van der Waals surface area contributed by atoms with Crippen LogP contribution < -0.4 is 10.6 Å². The zero-order chi connectivity index (χ0) is 62.9. The van der Waals surface area contributed by atoms with Crippen LogP contribution in [0.5, 0.6) is 0 Å². The minimum atomic E-state index is -1.24. The molecule has 0 atom stereocenters. The number of Topliss-reactive ketones (excluding diaryl/α,β-unsaturated/α-hetero) is 1. The molecule has 23 heteroatoms. The molecule has 8 aromatic rings. The number of nitrogen functional groups attached to an aromatic ring is 1. The van der Waals surface area contributed by atoms with Gasteiger partial charge in [-0.15, -0.1) is 0 Å². The number of fused-ring (bicyclic) bond motifs is 2. The third-order valence-corrected chi connectivity index (χ3v) is 20.0. The first-order chi connectivity index (χ1) is 41.6. The van der Waals surface area contributed by atoms with E-state index in [0.717, 1.165) is 139 Å². The molecule has 0 unspecified atom stereocenters. The maximum Gasteiger partial charge on any atom is 0.335 e. The molecule has 10 rings (SSSR count). The van der Waals surface area contributed by atoms with Crippen molar-refractivity contribution in [2.75, 3.05) is 37.3 Å². The van der Waals surface area contributed by atoms with E-state index >= 15 is 0 Å². The molecule has 2 saturated carbocycles. The molecule has 0 amide bonds. The molecule has 87 heavy (non-hydrogen) atoms. The van der Waals surface area contributed by atoms with Crippen molar-refractivity contribution in [3.8, 4) is 44.8 Å². The number of anilines is 2. The fourth-order valence-electron chi connectivity index (χ4n) is 11.0. The highest BCUT2D eigenvalue weighted by Crippen LogP contribution is 2.43. The Bertz CT molecular complexity index is 3560. The monoisotopic (exact) mass is 1260 g/mol. The van der Waals surface area contributed by atoms with E-state index in [9.17, 15) is 15.0 Å². The van der Waals surface area contributed by atoms with Gasteiger partial charge < -0.3 is 30.3 Å². The Kier molecular flexibility index (Phi) is 24.0. The van der Waals surface area contributed by atoms with Gasteiger partial charge in [-0.05, 0) is 95.4 Å². The number of nitrogens with two attached hydrogens (primary N) is 1. The van der Waals surface area contributed by atoms with Crippen molar-refractivity contribution < 1.29 is 41.3 Å². The summed E-state index contributed by atoms with van der Waals surface area (Å²) < 4.78 is 49.3. The van der Waals surface area contributed by atoms with Gasteiger partial charge in [-0.2, -0.15) is 36.1 Å². The first-order valence-corrected chi connectivity index (χ1v) is 38.6. The maximum absolute atomic E-state index is 12.6. The lowest BCUT2D eigenvalue weighted by Crippen LogP contribution is -2.34. The molecule has 4 N–H and O–H groups in total. The third kappa shape index (κ3) is 18.1. The summed E-state index contributed by atoms with van der Waals surface area (Å²) >= 11 is -1.50. The number of carbonyl (C=O) groups excluding carboxylic acids is 1. The molecule has 2 aromatic carbocycles. The average Bonchev–Trinajstić information content (AvgIpc) is 1.83. The van der Waals surface area contributed by atoms with E-state index in [1.807, 2.05) is 90.7 Å². The summed E-state index contributed by atoms with van der Waals surface area (Å²) in [7, 11) is -2.47.